The second-order valence-corrected chi connectivity index (χ2v) is 7.92. The average Bonchev–Trinajstić information content (AvgIpc) is 3.16. The summed E-state index contributed by atoms with van der Waals surface area (Å²) in [5, 5.41) is 0.426. The maximum absolute atomic E-state index is 13.6. The molecule has 1 amide bonds. The van der Waals surface area contributed by atoms with Crippen LogP contribution in [-0.2, 0) is 0 Å². The minimum absolute atomic E-state index is 0.0311. The van der Waals surface area contributed by atoms with E-state index in [1.165, 1.54) is 4.90 Å². The van der Waals surface area contributed by atoms with Crippen molar-refractivity contribution in [1.82, 2.24) is 4.98 Å². The summed E-state index contributed by atoms with van der Waals surface area (Å²) in [5.41, 5.74) is 1.13. The Kier molecular flexibility index (Phi) is 5.76. The molecule has 0 spiro atoms. The van der Waals surface area contributed by atoms with Crippen LogP contribution in [0.1, 0.15) is 48.0 Å². The van der Waals surface area contributed by atoms with E-state index in [1.807, 2.05) is 32.0 Å². The number of fused-ring (bicyclic) bond motifs is 2. The highest BCUT2D eigenvalue weighted by atomic mass is 16.5. The van der Waals surface area contributed by atoms with E-state index in [1.54, 1.807) is 48.7 Å². The molecule has 0 radical (unpaired) electrons. The Morgan fingerprint density at radius 1 is 0.971 bits per heavy atom. The van der Waals surface area contributed by atoms with Crippen molar-refractivity contribution < 1.29 is 18.7 Å². The fourth-order valence-electron chi connectivity index (χ4n) is 4.26. The van der Waals surface area contributed by atoms with Crippen molar-refractivity contribution in [3.63, 3.8) is 0 Å². The summed E-state index contributed by atoms with van der Waals surface area (Å²) in [6.45, 7) is 4.93. The van der Waals surface area contributed by atoms with Crippen LogP contribution in [0.15, 0.2) is 76.1 Å². The lowest BCUT2D eigenvalue weighted by molar-refractivity contribution is 0.0970. The van der Waals surface area contributed by atoms with Crippen LogP contribution in [0.4, 0.5) is 5.82 Å². The number of hydrogen-bond donors (Lipinski definition) is 0. The van der Waals surface area contributed by atoms with E-state index >= 15 is 0 Å². The molecule has 0 unspecified atom stereocenters. The quantitative estimate of drug-likeness (QED) is 0.384. The van der Waals surface area contributed by atoms with Gasteiger partial charge in [-0.25, -0.2) is 4.98 Å². The van der Waals surface area contributed by atoms with Crippen molar-refractivity contribution in [2.24, 2.45) is 0 Å². The van der Waals surface area contributed by atoms with Crippen LogP contribution >= 0.6 is 0 Å². The predicted octanol–water partition coefficient (Wildman–Crippen LogP) is 5.13. The molecule has 0 bridgehead atoms. The zero-order valence-corrected chi connectivity index (χ0v) is 19.0. The molecule has 0 saturated carbocycles. The van der Waals surface area contributed by atoms with Crippen LogP contribution in [0.5, 0.6) is 11.5 Å². The number of para-hydroxylation sites is 1. The summed E-state index contributed by atoms with van der Waals surface area (Å²) in [4.78, 5) is 33.1. The molecule has 0 saturated heterocycles. The number of carbonyl (C=O) groups is 1. The van der Waals surface area contributed by atoms with Gasteiger partial charge in [0.1, 0.15) is 11.4 Å². The summed E-state index contributed by atoms with van der Waals surface area (Å²) in [5.74, 6) is 1.22. The number of ether oxygens (including phenoxy) is 2. The van der Waals surface area contributed by atoms with Crippen LogP contribution in [0.25, 0.3) is 11.0 Å². The zero-order valence-electron chi connectivity index (χ0n) is 19.0. The number of nitrogens with zero attached hydrogens (tertiary/aromatic N) is 2. The Labute approximate surface area is 196 Å². The van der Waals surface area contributed by atoms with E-state index in [0.717, 1.165) is 6.42 Å². The molecule has 7 heteroatoms. The first-order valence-corrected chi connectivity index (χ1v) is 11.3. The van der Waals surface area contributed by atoms with Gasteiger partial charge in [0, 0.05) is 6.20 Å². The summed E-state index contributed by atoms with van der Waals surface area (Å²) in [6, 6.07) is 17.0. The summed E-state index contributed by atoms with van der Waals surface area (Å²) >= 11 is 0. The third kappa shape index (κ3) is 3.59. The molecule has 0 aliphatic carbocycles. The van der Waals surface area contributed by atoms with Crippen LogP contribution in [0, 0.1) is 0 Å². The average molecular weight is 456 g/mol. The van der Waals surface area contributed by atoms with Gasteiger partial charge in [-0.05, 0) is 55.3 Å². The fraction of sp³-hybridized carbons (Fsp3) is 0.222. The molecule has 0 fully saturated rings. The first kappa shape index (κ1) is 21.7. The Hall–Kier alpha value is -4.13. The van der Waals surface area contributed by atoms with E-state index in [0.29, 0.717) is 52.6 Å². The SMILES string of the molecule is CCCOc1ccc([C@H]2c3c(oc4ccccc4c3=O)C(=O)N2c2ccccn2)cc1OCC. The second kappa shape index (κ2) is 9.02. The standard InChI is InChI=1S/C27H24N2O5/c1-3-15-33-20-13-12-17(16-21(20)32-4-2)24-23-25(30)18-9-5-6-10-19(18)34-26(23)27(31)29(24)22-11-7-8-14-28-22/h5-14,16,24H,3-4,15H2,1-2H3/t24-/m0/s1. The highest BCUT2D eigenvalue weighted by molar-refractivity contribution is 6.10. The van der Waals surface area contributed by atoms with E-state index in [2.05, 4.69) is 4.98 Å². The number of pyridine rings is 1. The molecular formula is C27H24N2O5. The normalized spacial score (nSPS) is 14.9. The number of benzene rings is 2. The van der Waals surface area contributed by atoms with Gasteiger partial charge in [-0.1, -0.05) is 31.2 Å². The van der Waals surface area contributed by atoms with E-state index in [-0.39, 0.29) is 11.2 Å². The molecule has 5 rings (SSSR count). The van der Waals surface area contributed by atoms with Crippen LogP contribution in [0.2, 0.25) is 0 Å². The van der Waals surface area contributed by atoms with Gasteiger partial charge >= 0.3 is 0 Å². The second-order valence-electron chi connectivity index (χ2n) is 7.92. The smallest absolute Gasteiger partial charge is 0.296 e. The lowest BCUT2D eigenvalue weighted by Crippen LogP contribution is -2.30. The Morgan fingerprint density at radius 3 is 2.56 bits per heavy atom. The van der Waals surface area contributed by atoms with Gasteiger partial charge < -0.3 is 13.9 Å². The van der Waals surface area contributed by atoms with Crippen LogP contribution in [-0.4, -0.2) is 24.1 Å². The van der Waals surface area contributed by atoms with E-state index in [9.17, 15) is 9.59 Å². The number of amides is 1. The lowest BCUT2D eigenvalue weighted by Gasteiger charge is -2.25. The molecule has 1 aliphatic rings. The van der Waals surface area contributed by atoms with Crippen LogP contribution in [0.3, 0.4) is 0 Å². The summed E-state index contributed by atoms with van der Waals surface area (Å²) in [6.07, 6.45) is 2.47. The fourth-order valence-corrected chi connectivity index (χ4v) is 4.26. The van der Waals surface area contributed by atoms with Gasteiger partial charge in [0.05, 0.1) is 30.2 Å². The molecule has 4 aromatic rings. The first-order valence-electron chi connectivity index (χ1n) is 11.3. The summed E-state index contributed by atoms with van der Waals surface area (Å²) in [7, 11) is 0. The maximum atomic E-state index is 13.6. The van der Waals surface area contributed by atoms with Crippen molar-refractivity contribution >= 4 is 22.7 Å². The molecule has 3 heterocycles. The first-order chi connectivity index (χ1) is 16.6. The Bertz CT molecular complexity index is 1410. The highest BCUT2D eigenvalue weighted by Crippen LogP contribution is 2.42. The predicted molar refractivity (Wildman–Crippen MR) is 129 cm³/mol. The minimum Gasteiger partial charge on any atom is -0.490 e. The molecule has 1 aliphatic heterocycles. The number of carbonyl (C=O) groups excluding carboxylic acids is 1. The molecule has 172 valence electrons. The van der Waals surface area contributed by atoms with E-state index < -0.39 is 11.9 Å². The van der Waals surface area contributed by atoms with Crippen molar-refractivity contribution in [2.75, 3.05) is 18.1 Å². The Balaban J connectivity index is 1.74. The van der Waals surface area contributed by atoms with E-state index in [4.69, 9.17) is 13.9 Å². The number of hydrogen-bond acceptors (Lipinski definition) is 6. The monoisotopic (exact) mass is 456 g/mol. The third-order valence-electron chi connectivity index (χ3n) is 5.72. The number of anilines is 1. The topological polar surface area (TPSA) is 81.9 Å². The van der Waals surface area contributed by atoms with Gasteiger partial charge in [0.15, 0.2) is 16.9 Å². The lowest BCUT2D eigenvalue weighted by atomic mass is 9.98. The molecule has 34 heavy (non-hydrogen) atoms. The van der Waals surface area contributed by atoms with Gasteiger partial charge in [0.25, 0.3) is 5.91 Å². The highest BCUT2D eigenvalue weighted by Gasteiger charge is 2.44. The molecule has 2 aromatic heterocycles. The molecule has 7 nitrogen and oxygen atoms in total. The van der Waals surface area contributed by atoms with Gasteiger partial charge in [-0.3, -0.25) is 14.5 Å². The third-order valence-corrected chi connectivity index (χ3v) is 5.72. The molecule has 1 atom stereocenters. The Morgan fingerprint density at radius 2 is 1.79 bits per heavy atom. The van der Waals surface area contributed by atoms with Gasteiger partial charge in [0.2, 0.25) is 5.76 Å². The van der Waals surface area contributed by atoms with Crippen LogP contribution < -0.4 is 19.8 Å². The van der Waals surface area contributed by atoms with Gasteiger partial charge in [-0.15, -0.1) is 0 Å². The van der Waals surface area contributed by atoms with Gasteiger partial charge in [-0.2, -0.15) is 0 Å². The molecule has 0 N–H and O–H groups in total. The largest absolute Gasteiger partial charge is 0.490 e. The van der Waals surface area contributed by atoms with Crippen molar-refractivity contribution in [2.45, 2.75) is 26.3 Å². The number of rotatable bonds is 7. The molecule has 2 aromatic carbocycles. The zero-order chi connectivity index (χ0) is 23.7. The minimum atomic E-state index is -0.724. The van der Waals surface area contributed by atoms with Crippen molar-refractivity contribution in [3.8, 4) is 11.5 Å². The van der Waals surface area contributed by atoms with Crippen molar-refractivity contribution in [3.05, 3.63) is 94.0 Å². The molecular weight excluding hydrogens is 432 g/mol. The maximum Gasteiger partial charge on any atom is 0.296 e. The number of aromatic nitrogens is 1. The summed E-state index contributed by atoms with van der Waals surface area (Å²) < 4.78 is 17.7. The van der Waals surface area contributed by atoms with Crippen molar-refractivity contribution in [1.29, 1.82) is 0 Å².